The molecule has 19 heteroatoms. The molecule has 0 saturated heterocycles. The molecule has 0 fully saturated rings. The Hall–Kier alpha value is -3.69. The van der Waals surface area contributed by atoms with Gasteiger partial charge in [0, 0.05) is 53.2 Å². The van der Waals surface area contributed by atoms with Crippen molar-refractivity contribution in [3.8, 4) is 0 Å². The molecule has 1 aliphatic carbocycles. The SMILES string of the molecule is CC1(C)C(/C=C/C2=C(O)C(=C/C=C3/N(CCCS(=O)(=O)O)c4ccc(S(=O)(=O)O)cc4C3(C)C)/CCC2)=[N+](CCCS(=O)(=O)[O-])c2ccc(S(=O)(=O)O)cc21. The predicted octanol–water partition coefficient (Wildman–Crippen LogP) is 4.93. The third-order valence-corrected chi connectivity index (χ3v) is 13.6. The molecule has 15 nitrogen and oxygen atoms in total. The van der Waals surface area contributed by atoms with E-state index in [9.17, 15) is 57.0 Å². The molecule has 0 amide bonds. The van der Waals surface area contributed by atoms with Gasteiger partial charge in [-0.3, -0.25) is 13.7 Å². The van der Waals surface area contributed by atoms with Gasteiger partial charge in [-0.15, -0.1) is 0 Å². The van der Waals surface area contributed by atoms with Crippen molar-refractivity contribution in [2.45, 2.75) is 80.4 Å². The number of rotatable bonds is 13. The van der Waals surface area contributed by atoms with Crippen molar-refractivity contribution < 1.29 is 61.6 Å². The van der Waals surface area contributed by atoms with E-state index in [0.717, 1.165) is 0 Å². The normalized spacial score (nSPS) is 20.3. The summed E-state index contributed by atoms with van der Waals surface area (Å²) in [5, 5.41) is 11.5. The smallest absolute Gasteiger partial charge is 0.294 e. The molecule has 0 atom stereocenters. The largest absolute Gasteiger partial charge is 0.748 e. The Kier molecular flexibility index (Phi) is 11.6. The number of benzene rings is 2. The molecule has 2 aromatic rings. The fourth-order valence-corrected chi connectivity index (χ4v) is 9.50. The highest BCUT2D eigenvalue weighted by molar-refractivity contribution is 7.86. The van der Waals surface area contributed by atoms with Gasteiger partial charge in [-0.2, -0.15) is 29.8 Å². The molecule has 5 rings (SSSR count). The number of hydrogen-bond donors (Lipinski definition) is 4. The topological polar surface area (TPSA) is 247 Å². The third-order valence-electron chi connectivity index (χ3n) is 10.3. The second kappa shape index (κ2) is 15.0. The standard InChI is InChI=1S/C36H44N2O13S4/c1-35(2)28-22-26(54(46,47)48)12-14-30(28)37(18-6-20-52(40,41)42)32(35)16-10-24-8-5-9-25(34(24)39)11-17-33-36(3,4)29-23-27(55(49,50)51)13-15-31(29)38(33)19-7-21-53(43,44)45/h10-17,22-23H,5-9,18-21H2,1-4H3,(H4,40,41,42,43,44,45,46,47,48,49,50,51)/b24-10+,32-16+. The van der Waals surface area contributed by atoms with Gasteiger partial charge in [0.05, 0.1) is 31.1 Å². The Labute approximate surface area is 322 Å². The van der Waals surface area contributed by atoms with Gasteiger partial charge in [0.15, 0.2) is 5.71 Å². The van der Waals surface area contributed by atoms with E-state index in [4.69, 9.17) is 0 Å². The summed E-state index contributed by atoms with van der Waals surface area (Å²) in [6.07, 6.45) is 8.66. The summed E-state index contributed by atoms with van der Waals surface area (Å²) in [6.45, 7) is 7.60. The molecule has 3 aliphatic rings. The van der Waals surface area contributed by atoms with Gasteiger partial charge in [-0.05, 0) is 98.7 Å². The molecule has 0 radical (unpaired) electrons. The summed E-state index contributed by atoms with van der Waals surface area (Å²) in [5.74, 6) is -1.12. The lowest BCUT2D eigenvalue weighted by Gasteiger charge is -2.27. The first kappa shape index (κ1) is 42.5. The number of fused-ring (bicyclic) bond motifs is 2. The molecule has 0 bridgehead atoms. The quantitative estimate of drug-likeness (QED) is 0.154. The Morgan fingerprint density at radius 2 is 1.40 bits per heavy atom. The summed E-state index contributed by atoms with van der Waals surface area (Å²) >= 11 is 0. The molecule has 300 valence electrons. The zero-order valence-electron chi connectivity index (χ0n) is 30.6. The Balaban J connectivity index is 1.54. The minimum Gasteiger partial charge on any atom is -0.748 e. The summed E-state index contributed by atoms with van der Waals surface area (Å²) in [6, 6.07) is 8.24. The van der Waals surface area contributed by atoms with Gasteiger partial charge in [0.25, 0.3) is 30.4 Å². The van der Waals surface area contributed by atoms with Crippen LogP contribution >= 0.6 is 0 Å². The van der Waals surface area contributed by atoms with Crippen LogP contribution in [-0.2, 0) is 51.3 Å². The Morgan fingerprint density at radius 3 is 2.00 bits per heavy atom. The van der Waals surface area contributed by atoms with E-state index in [0.29, 0.717) is 64.3 Å². The number of allylic oxidation sites excluding steroid dienone is 7. The van der Waals surface area contributed by atoms with Crippen molar-refractivity contribution in [2.24, 2.45) is 0 Å². The summed E-state index contributed by atoms with van der Waals surface area (Å²) in [7, 11) is -17.8. The zero-order valence-corrected chi connectivity index (χ0v) is 33.9. The van der Waals surface area contributed by atoms with Crippen LogP contribution in [0.15, 0.2) is 93.1 Å². The van der Waals surface area contributed by atoms with Gasteiger partial charge in [0.1, 0.15) is 12.3 Å². The van der Waals surface area contributed by atoms with Crippen LogP contribution < -0.4 is 4.90 Å². The Bertz CT molecular complexity index is 2530. The lowest BCUT2D eigenvalue weighted by atomic mass is 9.81. The number of aliphatic hydroxyl groups is 1. The molecule has 2 aliphatic heterocycles. The zero-order chi connectivity index (χ0) is 40.9. The average Bonchev–Trinajstić information content (AvgIpc) is 3.39. The summed E-state index contributed by atoms with van der Waals surface area (Å²) < 4.78 is 136. The van der Waals surface area contributed by atoms with E-state index in [1.54, 1.807) is 28.9 Å². The second-order valence-electron chi connectivity index (χ2n) is 14.8. The van der Waals surface area contributed by atoms with Crippen molar-refractivity contribution in [3.63, 3.8) is 0 Å². The maximum absolute atomic E-state index is 12.0. The van der Waals surface area contributed by atoms with E-state index in [2.05, 4.69) is 0 Å². The third kappa shape index (κ3) is 9.31. The number of anilines is 1. The summed E-state index contributed by atoms with van der Waals surface area (Å²) in [5.41, 5.74) is 3.00. The highest BCUT2D eigenvalue weighted by Crippen LogP contribution is 2.49. The van der Waals surface area contributed by atoms with Crippen LogP contribution in [0.5, 0.6) is 0 Å². The molecule has 0 aromatic heterocycles. The van der Waals surface area contributed by atoms with Gasteiger partial charge >= 0.3 is 0 Å². The first-order chi connectivity index (χ1) is 25.2. The lowest BCUT2D eigenvalue weighted by molar-refractivity contribution is -0.437. The first-order valence-corrected chi connectivity index (χ1v) is 23.4. The van der Waals surface area contributed by atoms with Crippen molar-refractivity contribution >= 4 is 57.6 Å². The molecule has 0 spiro atoms. The van der Waals surface area contributed by atoms with E-state index in [1.165, 1.54) is 36.4 Å². The van der Waals surface area contributed by atoms with Crippen molar-refractivity contribution in [2.75, 3.05) is 29.5 Å². The predicted molar refractivity (Wildman–Crippen MR) is 205 cm³/mol. The van der Waals surface area contributed by atoms with E-state index in [1.807, 2.05) is 32.6 Å². The highest BCUT2D eigenvalue weighted by atomic mass is 32.2. The van der Waals surface area contributed by atoms with Crippen LogP contribution in [0, 0.1) is 0 Å². The summed E-state index contributed by atoms with van der Waals surface area (Å²) in [4.78, 5) is 1.19. The highest BCUT2D eigenvalue weighted by Gasteiger charge is 2.45. The van der Waals surface area contributed by atoms with Gasteiger partial charge in [-0.25, -0.2) is 8.42 Å². The van der Waals surface area contributed by atoms with Gasteiger partial charge in [0.2, 0.25) is 5.69 Å². The van der Waals surface area contributed by atoms with Crippen LogP contribution in [0.2, 0.25) is 0 Å². The minimum absolute atomic E-state index is 0.00540. The van der Waals surface area contributed by atoms with Gasteiger partial charge in [-0.1, -0.05) is 19.9 Å². The molecule has 55 heavy (non-hydrogen) atoms. The molecular formula is C36H44N2O13S4. The molecule has 0 unspecified atom stereocenters. The van der Waals surface area contributed by atoms with Crippen molar-refractivity contribution in [1.29, 1.82) is 0 Å². The van der Waals surface area contributed by atoms with Crippen LogP contribution in [0.4, 0.5) is 11.4 Å². The Morgan fingerprint density at radius 1 is 0.782 bits per heavy atom. The number of aliphatic hydroxyl groups excluding tert-OH is 1. The molecule has 2 aromatic carbocycles. The number of hydrogen-bond acceptors (Lipinski definition) is 11. The van der Waals surface area contributed by atoms with E-state index < -0.39 is 62.8 Å². The minimum atomic E-state index is -4.53. The fourth-order valence-electron chi connectivity index (χ4n) is 7.51. The van der Waals surface area contributed by atoms with Gasteiger partial charge < -0.3 is 14.6 Å². The van der Waals surface area contributed by atoms with Crippen molar-refractivity contribution in [3.05, 3.63) is 94.4 Å². The number of nitrogens with zero attached hydrogens (tertiary/aromatic N) is 2. The second-order valence-corrected chi connectivity index (χ2v) is 20.7. The van der Waals surface area contributed by atoms with Crippen LogP contribution in [-0.4, -0.2) is 91.9 Å². The average molecular weight is 841 g/mol. The maximum Gasteiger partial charge on any atom is 0.294 e. The molecule has 2 heterocycles. The monoisotopic (exact) mass is 840 g/mol. The van der Waals surface area contributed by atoms with Crippen LogP contribution in [0.3, 0.4) is 0 Å². The lowest BCUT2D eigenvalue weighted by Crippen LogP contribution is -2.28. The van der Waals surface area contributed by atoms with E-state index in [-0.39, 0.29) is 41.5 Å². The molecular weight excluding hydrogens is 797 g/mol. The fraction of sp³-hybridized carbons (Fsp3) is 0.417. The van der Waals surface area contributed by atoms with Crippen LogP contribution in [0.1, 0.15) is 70.9 Å². The van der Waals surface area contributed by atoms with Crippen LogP contribution in [0.25, 0.3) is 0 Å². The molecule has 4 N–H and O–H groups in total. The van der Waals surface area contributed by atoms with E-state index >= 15 is 0 Å². The maximum atomic E-state index is 12.0. The molecule has 0 saturated carbocycles. The first-order valence-electron chi connectivity index (χ1n) is 17.3. The van der Waals surface area contributed by atoms with Crippen molar-refractivity contribution in [1.82, 2.24) is 0 Å².